The van der Waals surface area contributed by atoms with Crippen molar-refractivity contribution in [1.29, 1.82) is 0 Å². The van der Waals surface area contributed by atoms with E-state index in [9.17, 15) is 0 Å². The maximum atomic E-state index is 5.73. The van der Waals surface area contributed by atoms with Crippen LogP contribution in [-0.2, 0) is 13.1 Å². The predicted molar refractivity (Wildman–Crippen MR) is 82.3 cm³/mol. The van der Waals surface area contributed by atoms with Crippen LogP contribution in [0.25, 0.3) is 0 Å². The van der Waals surface area contributed by atoms with E-state index in [1.54, 1.807) is 0 Å². The maximum absolute atomic E-state index is 5.73. The van der Waals surface area contributed by atoms with Crippen LogP contribution < -0.4 is 11.5 Å². The van der Waals surface area contributed by atoms with Crippen molar-refractivity contribution in [2.24, 2.45) is 21.7 Å². The number of rotatable bonds is 4. The SMILES string of the molecule is Cc1ccc(CN)c(N=Nc2cc(C)ccc2CN)c1. The van der Waals surface area contributed by atoms with Crippen molar-refractivity contribution in [3.63, 3.8) is 0 Å². The van der Waals surface area contributed by atoms with Gasteiger partial charge in [0.25, 0.3) is 0 Å². The Morgan fingerprint density at radius 3 is 1.50 bits per heavy atom. The molecule has 0 aliphatic carbocycles. The summed E-state index contributed by atoms with van der Waals surface area (Å²) in [5, 5.41) is 8.69. The van der Waals surface area contributed by atoms with Gasteiger partial charge >= 0.3 is 0 Å². The van der Waals surface area contributed by atoms with E-state index in [1.807, 2.05) is 50.2 Å². The molecule has 0 heterocycles. The van der Waals surface area contributed by atoms with Crippen LogP contribution in [0.15, 0.2) is 46.6 Å². The molecule has 0 atom stereocenters. The highest BCUT2D eigenvalue weighted by Gasteiger charge is 2.03. The van der Waals surface area contributed by atoms with Crippen LogP contribution in [0.4, 0.5) is 11.4 Å². The van der Waals surface area contributed by atoms with Gasteiger partial charge in [-0.2, -0.15) is 10.2 Å². The molecule has 0 fully saturated rings. The zero-order valence-electron chi connectivity index (χ0n) is 11.9. The summed E-state index contributed by atoms with van der Waals surface area (Å²) < 4.78 is 0. The Bertz CT molecular complexity index is 577. The summed E-state index contributed by atoms with van der Waals surface area (Å²) in [6.45, 7) is 4.95. The molecule has 0 aliphatic heterocycles. The number of nitrogens with two attached hydrogens (primary N) is 2. The zero-order chi connectivity index (χ0) is 14.5. The molecule has 4 heteroatoms. The molecule has 0 unspecified atom stereocenters. The third-order valence-corrected chi connectivity index (χ3v) is 3.19. The molecule has 0 radical (unpaired) electrons. The van der Waals surface area contributed by atoms with E-state index >= 15 is 0 Å². The minimum atomic E-state index is 0.451. The maximum Gasteiger partial charge on any atom is 0.0904 e. The van der Waals surface area contributed by atoms with Crippen molar-refractivity contribution in [3.8, 4) is 0 Å². The number of hydrogen-bond donors (Lipinski definition) is 2. The van der Waals surface area contributed by atoms with Gasteiger partial charge in [0.2, 0.25) is 0 Å². The Kier molecular flexibility index (Phi) is 4.61. The van der Waals surface area contributed by atoms with E-state index in [1.165, 1.54) is 0 Å². The molecule has 4 N–H and O–H groups in total. The fraction of sp³-hybridized carbons (Fsp3) is 0.250. The third-order valence-electron chi connectivity index (χ3n) is 3.19. The minimum Gasteiger partial charge on any atom is -0.326 e. The van der Waals surface area contributed by atoms with Crippen LogP contribution in [0.2, 0.25) is 0 Å². The Morgan fingerprint density at radius 2 is 1.15 bits per heavy atom. The highest BCUT2D eigenvalue weighted by molar-refractivity contribution is 5.51. The summed E-state index contributed by atoms with van der Waals surface area (Å²) in [5.74, 6) is 0. The van der Waals surface area contributed by atoms with Gasteiger partial charge in [0, 0.05) is 13.1 Å². The lowest BCUT2D eigenvalue weighted by atomic mass is 10.1. The first-order valence-electron chi connectivity index (χ1n) is 6.65. The molecule has 0 saturated heterocycles. The smallest absolute Gasteiger partial charge is 0.0904 e. The Morgan fingerprint density at radius 1 is 0.750 bits per heavy atom. The van der Waals surface area contributed by atoms with Crippen LogP contribution in [0, 0.1) is 13.8 Å². The number of hydrogen-bond acceptors (Lipinski definition) is 4. The molecule has 0 aliphatic rings. The van der Waals surface area contributed by atoms with Crippen molar-refractivity contribution in [2.75, 3.05) is 0 Å². The van der Waals surface area contributed by atoms with Gasteiger partial charge in [-0.1, -0.05) is 24.3 Å². The summed E-state index contributed by atoms with van der Waals surface area (Å²) in [6.07, 6.45) is 0. The third kappa shape index (κ3) is 3.29. The molecule has 0 spiro atoms. The molecule has 2 aromatic carbocycles. The van der Waals surface area contributed by atoms with Gasteiger partial charge in [-0.05, 0) is 48.2 Å². The lowest BCUT2D eigenvalue weighted by molar-refractivity contribution is 1.03. The Balaban J connectivity index is 2.38. The second kappa shape index (κ2) is 6.41. The summed E-state index contributed by atoms with van der Waals surface area (Å²) in [5.41, 5.74) is 17.3. The van der Waals surface area contributed by atoms with Crippen LogP contribution in [0.5, 0.6) is 0 Å². The molecule has 2 rings (SSSR count). The van der Waals surface area contributed by atoms with Crippen molar-refractivity contribution in [3.05, 3.63) is 58.7 Å². The first-order chi connectivity index (χ1) is 9.63. The highest BCUT2D eigenvalue weighted by Crippen LogP contribution is 2.26. The van der Waals surface area contributed by atoms with Crippen LogP contribution in [0.3, 0.4) is 0 Å². The number of benzene rings is 2. The van der Waals surface area contributed by atoms with Gasteiger partial charge in [-0.3, -0.25) is 0 Å². The van der Waals surface area contributed by atoms with Crippen molar-refractivity contribution in [1.82, 2.24) is 0 Å². The van der Waals surface area contributed by atoms with Crippen LogP contribution in [0.1, 0.15) is 22.3 Å². The van der Waals surface area contributed by atoms with Crippen LogP contribution in [-0.4, -0.2) is 0 Å². The molecule has 0 aromatic heterocycles. The highest BCUT2D eigenvalue weighted by atomic mass is 15.1. The Hall–Kier alpha value is -2.04. The van der Waals surface area contributed by atoms with E-state index < -0.39 is 0 Å². The Labute approximate surface area is 119 Å². The summed E-state index contributed by atoms with van der Waals surface area (Å²) >= 11 is 0. The van der Waals surface area contributed by atoms with E-state index in [0.717, 1.165) is 33.6 Å². The van der Waals surface area contributed by atoms with Crippen molar-refractivity contribution in [2.45, 2.75) is 26.9 Å². The van der Waals surface area contributed by atoms with E-state index in [-0.39, 0.29) is 0 Å². The number of azo groups is 1. The average Bonchev–Trinajstić information content (AvgIpc) is 2.45. The average molecular weight is 268 g/mol. The monoisotopic (exact) mass is 268 g/mol. The second-order valence-electron chi connectivity index (χ2n) is 4.87. The first-order valence-corrected chi connectivity index (χ1v) is 6.65. The summed E-state index contributed by atoms with van der Waals surface area (Å²) in [7, 11) is 0. The fourth-order valence-corrected chi connectivity index (χ4v) is 1.99. The topological polar surface area (TPSA) is 76.8 Å². The lowest BCUT2D eigenvalue weighted by Crippen LogP contribution is -1.97. The molecule has 20 heavy (non-hydrogen) atoms. The lowest BCUT2D eigenvalue weighted by Gasteiger charge is -2.05. The van der Waals surface area contributed by atoms with Gasteiger partial charge in [0.05, 0.1) is 11.4 Å². The second-order valence-corrected chi connectivity index (χ2v) is 4.87. The predicted octanol–water partition coefficient (Wildman–Crippen LogP) is 3.64. The molecule has 104 valence electrons. The molecule has 4 nitrogen and oxygen atoms in total. The summed E-state index contributed by atoms with van der Waals surface area (Å²) in [6, 6.07) is 12.0. The summed E-state index contributed by atoms with van der Waals surface area (Å²) in [4.78, 5) is 0. The van der Waals surface area contributed by atoms with E-state index in [2.05, 4.69) is 10.2 Å². The quantitative estimate of drug-likeness (QED) is 0.830. The van der Waals surface area contributed by atoms with Crippen molar-refractivity contribution >= 4 is 11.4 Å². The number of nitrogens with zero attached hydrogens (tertiary/aromatic N) is 2. The van der Waals surface area contributed by atoms with Gasteiger partial charge in [0.15, 0.2) is 0 Å². The zero-order valence-corrected chi connectivity index (χ0v) is 11.9. The standard InChI is InChI=1S/C16H20N4/c1-11-3-5-13(9-17)15(7-11)19-20-16-8-12(2)4-6-14(16)10-18/h3-8H,9-10,17-18H2,1-2H3. The van der Waals surface area contributed by atoms with Gasteiger partial charge in [0.1, 0.15) is 0 Å². The van der Waals surface area contributed by atoms with E-state index in [0.29, 0.717) is 13.1 Å². The minimum absolute atomic E-state index is 0.451. The molecule has 0 amide bonds. The van der Waals surface area contributed by atoms with Gasteiger partial charge in [-0.15, -0.1) is 0 Å². The van der Waals surface area contributed by atoms with E-state index in [4.69, 9.17) is 11.5 Å². The molecule has 0 bridgehead atoms. The van der Waals surface area contributed by atoms with Crippen LogP contribution >= 0.6 is 0 Å². The normalized spacial score (nSPS) is 11.2. The van der Waals surface area contributed by atoms with Gasteiger partial charge < -0.3 is 11.5 Å². The molecular weight excluding hydrogens is 248 g/mol. The molecular formula is C16H20N4. The molecule has 2 aromatic rings. The number of aryl methyl sites for hydroxylation is 2. The largest absolute Gasteiger partial charge is 0.326 e. The first kappa shape index (κ1) is 14.4. The fourth-order valence-electron chi connectivity index (χ4n) is 1.99. The molecule has 0 saturated carbocycles. The van der Waals surface area contributed by atoms with Gasteiger partial charge in [-0.25, -0.2) is 0 Å². The van der Waals surface area contributed by atoms with Crippen molar-refractivity contribution < 1.29 is 0 Å².